The molecule has 0 radical (unpaired) electrons. The Morgan fingerprint density at radius 2 is 1.33 bits per heavy atom. The highest BCUT2D eigenvalue weighted by molar-refractivity contribution is 5.92. The summed E-state index contributed by atoms with van der Waals surface area (Å²) < 4.78 is 0. The molecule has 0 bridgehead atoms. The Morgan fingerprint density at radius 1 is 0.778 bits per heavy atom. The second-order valence-corrected chi connectivity index (χ2v) is 11.5. The molecule has 238 valence electrons. The lowest BCUT2D eigenvalue weighted by atomic mass is 9.86. The number of para-hydroxylation sites is 1. The van der Waals surface area contributed by atoms with Crippen LogP contribution in [0.15, 0.2) is 109 Å². The number of hydrogen-bond donors (Lipinski definition) is 2. The fourth-order valence-electron chi connectivity index (χ4n) is 5.79. The molecule has 45 heavy (non-hydrogen) atoms. The van der Waals surface area contributed by atoms with E-state index in [4.69, 9.17) is 5.73 Å². The first-order chi connectivity index (χ1) is 22.0. The van der Waals surface area contributed by atoms with Crippen molar-refractivity contribution < 1.29 is 9.59 Å². The van der Waals surface area contributed by atoms with E-state index in [1.807, 2.05) is 37.0 Å². The minimum Gasteiger partial charge on any atom is -0.378 e. The van der Waals surface area contributed by atoms with Crippen LogP contribution in [0, 0.1) is 0 Å². The Morgan fingerprint density at radius 3 is 1.91 bits per heavy atom. The van der Waals surface area contributed by atoms with E-state index in [2.05, 4.69) is 79.0 Å². The summed E-state index contributed by atoms with van der Waals surface area (Å²) in [5, 5.41) is 6.24. The maximum absolute atomic E-state index is 11.8. The smallest absolute Gasteiger partial charge is 0.248 e. The molecule has 0 saturated heterocycles. The zero-order chi connectivity index (χ0) is 32.3. The van der Waals surface area contributed by atoms with E-state index in [0.29, 0.717) is 5.56 Å². The number of hydrogen-bond acceptors (Lipinski definition) is 3. The normalized spacial score (nSPS) is 16.7. The third kappa shape index (κ3) is 10.9. The van der Waals surface area contributed by atoms with Crippen LogP contribution < -0.4 is 11.1 Å². The molecule has 0 aromatic heterocycles. The molecular formula is C40H51N3O2. The molecule has 5 nitrogen and oxygen atoms in total. The van der Waals surface area contributed by atoms with Crippen molar-refractivity contribution in [3.63, 3.8) is 0 Å². The molecule has 1 unspecified atom stereocenters. The van der Waals surface area contributed by atoms with E-state index in [0.717, 1.165) is 31.5 Å². The largest absolute Gasteiger partial charge is 0.378 e. The molecule has 4 aromatic carbocycles. The number of carbonyl (C=O) groups is 2. The Labute approximate surface area is 270 Å². The molecule has 3 N–H and O–H groups in total. The quantitative estimate of drug-likeness (QED) is 0.170. The summed E-state index contributed by atoms with van der Waals surface area (Å²) in [5.41, 5.74) is 9.17. The number of anilines is 1. The van der Waals surface area contributed by atoms with Gasteiger partial charge in [0.05, 0.1) is 12.1 Å². The number of amides is 2. The van der Waals surface area contributed by atoms with Gasteiger partial charge in [0.25, 0.3) is 0 Å². The highest BCUT2D eigenvalue weighted by atomic mass is 16.1. The minimum absolute atomic E-state index is 0.105. The number of primary amides is 1. The number of allylic oxidation sites excluding steroid dienone is 2. The molecule has 4 aromatic rings. The SMILES string of the molecule is C/C=C\C.C1CCCCC1.CCCN(C=O)C1C[C@@H](c2cccc3ccccc23)Nc2ccccc21.NC(=O)c1ccccc1. The van der Waals surface area contributed by atoms with Crippen LogP contribution in [-0.2, 0) is 4.79 Å². The topological polar surface area (TPSA) is 75.4 Å². The lowest BCUT2D eigenvalue weighted by molar-refractivity contribution is -0.120. The molecule has 1 aliphatic heterocycles. The Bertz CT molecular complexity index is 1440. The van der Waals surface area contributed by atoms with Crippen LogP contribution in [0.3, 0.4) is 0 Å². The van der Waals surface area contributed by atoms with E-state index >= 15 is 0 Å². The summed E-state index contributed by atoms with van der Waals surface area (Å²) in [6.07, 6.45) is 15.9. The van der Waals surface area contributed by atoms with Gasteiger partial charge in [-0.15, -0.1) is 0 Å². The molecule has 1 fully saturated rings. The Hall–Kier alpha value is -4.38. The van der Waals surface area contributed by atoms with Crippen LogP contribution in [0.4, 0.5) is 5.69 Å². The van der Waals surface area contributed by atoms with Crippen molar-refractivity contribution in [2.45, 2.75) is 84.2 Å². The average Bonchev–Trinajstić information content (AvgIpc) is 3.11. The molecule has 1 saturated carbocycles. The van der Waals surface area contributed by atoms with E-state index < -0.39 is 0 Å². The summed E-state index contributed by atoms with van der Waals surface area (Å²) in [7, 11) is 0. The second-order valence-electron chi connectivity index (χ2n) is 11.5. The van der Waals surface area contributed by atoms with Crippen molar-refractivity contribution in [1.82, 2.24) is 4.90 Å². The standard InChI is InChI=1S/C23H24N2O.C7H7NO.C6H12.C4H8/c1-2-14-25(16-26)23-15-22(24-21-13-6-5-11-20(21)23)19-12-7-9-17-8-3-4-10-18(17)19;8-7(9)6-4-2-1-3-5-6;1-2-4-6-5-3-1;1-3-4-2/h3-13,16,22-24H,2,14-15H2,1H3;1-5H,(H2,8,9);1-6H2;3-4H,1-2H3/b;;;4-3-/t22-,23?;;;/m0.../s1. The zero-order valence-corrected chi connectivity index (χ0v) is 27.3. The van der Waals surface area contributed by atoms with Gasteiger partial charge < -0.3 is 16.0 Å². The van der Waals surface area contributed by atoms with Crippen LogP contribution in [0.1, 0.15) is 106 Å². The molecule has 5 heteroatoms. The highest BCUT2D eigenvalue weighted by Gasteiger charge is 2.31. The van der Waals surface area contributed by atoms with E-state index in [-0.39, 0.29) is 18.0 Å². The Balaban J connectivity index is 0.000000235. The van der Waals surface area contributed by atoms with Gasteiger partial charge >= 0.3 is 0 Å². The van der Waals surface area contributed by atoms with Crippen LogP contribution in [0.25, 0.3) is 10.8 Å². The van der Waals surface area contributed by atoms with Crippen molar-refractivity contribution >= 4 is 28.8 Å². The number of rotatable bonds is 6. The summed E-state index contributed by atoms with van der Waals surface area (Å²) in [6, 6.07) is 32.4. The fraction of sp³-hybridized carbons (Fsp3) is 0.350. The predicted molar refractivity (Wildman–Crippen MR) is 190 cm³/mol. The molecule has 0 spiro atoms. The minimum atomic E-state index is -0.379. The van der Waals surface area contributed by atoms with Gasteiger partial charge in [-0.1, -0.05) is 136 Å². The molecule has 6 rings (SSSR count). The molecule has 2 aliphatic rings. The summed E-state index contributed by atoms with van der Waals surface area (Å²) in [4.78, 5) is 24.1. The van der Waals surface area contributed by atoms with Gasteiger partial charge in [-0.3, -0.25) is 9.59 Å². The lowest BCUT2D eigenvalue weighted by Crippen LogP contribution is -2.34. The van der Waals surface area contributed by atoms with Crippen molar-refractivity contribution in [3.05, 3.63) is 126 Å². The number of nitrogens with two attached hydrogens (primary N) is 1. The maximum atomic E-state index is 11.8. The summed E-state index contributed by atoms with van der Waals surface area (Å²) in [5.74, 6) is -0.379. The Kier molecular flexibility index (Phi) is 15.5. The summed E-state index contributed by atoms with van der Waals surface area (Å²) in [6.45, 7) is 6.90. The van der Waals surface area contributed by atoms with Gasteiger partial charge in [-0.2, -0.15) is 0 Å². The highest BCUT2D eigenvalue weighted by Crippen LogP contribution is 2.43. The lowest BCUT2D eigenvalue weighted by Gasteiger charge is -2.38. The number of carbonyl (C=O) groups excluding carboxylic acids is 2. The first kappa shape index (κ1) is 35.1. The number of nitrogens with one attached hydrogen (secondary N) is 1. The van der Waals surface area contributed by atoms with Crippen LogP contribution in [0.2, 0.25) is 0 Å². The average molecular weight is 606 g/mol. The van der Waals surface area contributed by atoms with Crippen LogP contribution in [-0.4, -0.2) is 23.8 Å². The van der Waals surface area contributed by atoms with Crippen LogP contribution >= 0.6 is 0 Å². The third-order valence-electron chi connectivity index (χ3n) is 8.22. The number of nitrogens with zero attached hydrogens (tertiary/aromatic N) is 1. The molecule has 2 atom stereocenters. The van der Waals surface area contributed by atoms with Gasteiger partial charge in [-0.05, 0) is 66.8 Å². The van der Waals surface area contributed by atoms with Gasteiger partial charge in [0.15, 0.2) is 0 Å². The number of fused-ring (bicyclic) bond motifs is 2. The van der Waals surface area contributed by atoms with Gasteiger partial charge in [0, 0.05) is 17.8 Å². The van der Waals surface area contributed by atoms with Crippen molar-refractivity contribution in [2.75, 3.05) is 11.9 Å². The first-order valence-corrected chi connectivity index (χ1v) is 16.5. The van der Waals surface area contributed by atoms with Gasteiger partial charge in [0.2, 0.25) is 12.3 Å². The maximum Gasteiger partial charge on any atom is 0.248 e. The van der Waals surface area contributed by atoms with E-state index in [1.165, 1.54) is 60.4 Å². The first-order valence-electron chi connectivity index (χ1n) is 16.5. The van der Waals surface area contributed by atoms with Crippen LogP contribution in [0.5, 0.6) is 0 Å². The zero-order valence-electron chi connectivity index (χ0n) is 27.3. The predicted octanol–water partition coefficient (Wildman–Crippen LogP) is 10.0. The second kappa shape index (κ2) is 19.8. The fourth-order valence-corrected chi connectivity index (χ4v) is 5.79. The third-order valence-corrected chi connectivity index (χ3v) is 8.22. The number of benzene rings is 4. The molecule has 2 amide bonds. The molecule has 1 heterocycles. The van der Waals surface area contributed by atoms with E-state index in [1.54, 1.807) is 24.3 Å². The van der Waals surface area contributed by atoms with Gasteiger partial charge in [-0.25, -0.2) is 0 Å². The van der Waals surface area contributed by atoms with Crippen molar-refractivity contribution in [1.29, 1.82) is 0 Å². The van der Waals surface area contributed by atoms with Crippen molar-refractivity contribution in [2.24, 2.45) is 5.73 Å². The molecular weight excluding hydrogens is 554 g/mol. The van der Waals surface area contributed by atoms with Gasteiger partial charge in [0.1, 0.15) is 0 Å². The summed E-state index contributed by atoms with van der Waals surface area (Å²) >= 11 is 0. The van der Waals surface area contributed by atoms with Crippen molar-refractivity contribution in [3.8, 4) is 0 Å². The monoisotopic (exact) mass is 605 g/mol. The molecule has 1 aliphatic carbocycles. The van der Waals surface area contributed by atoms with E-state index in [9.17, 15) is 9.59 Å².